The minimum absolute atomic E-state index is 0.154. The lowest BCUT2D eigenvalue weighted by Gasteiger charge is -2.10. The molecule has 34 heavy (non-hydrogen) atoms. The number of rotatable bonds is 12. The van der Waals surface area contributed by atoms with E-state index in [9.17, 15) is 13.2 Å². The number of hydrogen-bond acceptors (Lipinski definition) is 8. The lowest BCUT2D eigenvalue weighted by molar-refractivity contribution is -0.116. The van der Waals surface area contributed by atoms with Crippen LogP contribution in [0.2, 0.25) is 0 Å². The first-order valence-electron chi connectivity index (χ1n) is 10.8. The number of nitrogens with zero attached hydrogens (tertiary/aromatic N) is 1. The molecule has 9 heteroatoms. The molecule has 0 atom stereocenters. The van der Waals surface area contributed by atoms with E-state index in [1.54, 1.807) is 58.6 Å². The Labute approximate surface area is 199 Å². The first-order chi connectivity index (χ1) is 16.2. The number of oxazole rings is 1. The van der Waals surface area contributed by atoms with Crippen LogP contribution in [0.25, 0.3) is 11.5 Å². The van der Waals surface area contributed by atoms with Crippen molar-refractivity contribution in [3.8, 4) is 28.7 Å². The molecule has 0 saturated heterocycles. The Kier molecular flexibility index (Phi) is 8.33. The summed E-state index contributed by atoms with van der Waals surface area (Å²) >= 11 is 0. The fourth-order valence-electron chi connectivity index (χ4n) is 3.55. The van der Waals surface area contributed by atoms with Gasteiger partial charge in [0.1, 0.15) is 34.5 Å². The number of carbonyl (C=O) groups is 1. The Morgan fingerprint density at radius 2 is 1.74 bits per heavy atom. The van der Waals surface area contributed by atoms with E-state index in [1.165, 1.54) is 0 Å². The van der Waals surface area contributed by atoms with Gasteiger partial charge in [0.15, 0.2) is 9.84 Å². The minimum atomic E-state index is -3.69. The SMILES string of the molecule is COc1cccc(-c2nc(CS(=O)(=O)CC(=O)CCCc3ccc(OC)cc3OC)c(C)o2)c1. The van der Waals surface area contributed by atoms with Crippen LogP contribution in [0.4, 0.5) is 0 Å². The summed E-state index contributed by atoms with van der Waals surface area (Å²) in [4.78, 5) is 16.7. The van der Waals surface area contributed by atoms with Crippen LogP contribution in [0, 0.1) is 6.92 Å². The topological polar surface area (TPSA) is 105 Å². The van der Waals surface area contributed by atoms with Crippen molar-refractivity contribution in [2.24, 2.45) is 0 Å². The summed E-state index contributed by atoms with van der Waals surface area (Å²) in [6.45, 7) is 1.66. The predicted molar refractivity (Wildman–Crippen MR) is 128 cm³/mol. The van der Waals surface area contributed by atoms with Crippen molar-refractivity contribution in [1.29, 1.82) is 0 Å². The highest BCUT2D eigenvalue weighted by molar-refractivity contribution is 7.91. The smallest absolute Gasteiger partial charge is 0.226 e. The highest BCUT2D eigenvalue weighted by atomic mass is 32.2. The number of carbonyl (C=O) groups excluding carboxylic acids is 1. The Morgan fingerprint density at radius 3 is 2.44 bits per heavy atom. The molecule has 182 valence electrons. The molecule has 2 aromatic carbocycles. The Hall–Kier alpha value is -3.33. The molecule has 0 fully saturated rings. The van der Waals surface area contributed by atoms with Crippen molar-refractivity contribution in [2.45, 2.75) is 31.9 Å². The predicted octanol–water partition coefficient (Wildman–Crippen LogP) is 4.18. The highest BCUT2D eigenvalue weighted by Gasteiger charge is 2.22. The quantitative estimate of drug-likeness (QED) is 0.375. The standard InChI is InChI=1S/C25H29NO7S/c1-17-23(26-25(33-17)19-8-6-10-21(13-19)30-2)16-34(28,29)15-20(27)9-5-7-18-11-12-22(31-3)14-24(18)32-4/h6,8,10-14H,5,7,9,15-16H2,1-4H3. The third-order valence-corrected chi connectivity index (χ3v) is 6.82. The average Bonchev–Trinajstić information content (AvgIpc) is 3.18. The second-order valence-corrected chi connectivity index (χ2v) is 9.92. The average molecular weight is 488 g/mol. The number of aryl methyl sites for hydroxylation is 2. The summed E-state index contributed by atoms with van der Waals surface area (Å²) in [6, 6.07) is 12.6. The molecule has 1 heterocycles. The third-order valence-electron chi connectivity index (χ3n) is 5.34. The zero-order valence-corrected chi connectivity index (χ0v) is 20.6. The van der Waals surface area contributed by atoms with Crippen LogP contribution in [-0.2, 0) is 26.8 Å². The van der Waals surface area contributed by atoms with E-state index in [1.807, 2.05) is 12.1 Å². The number of hydrogen-bond donors (Lipinski definition) is 0. The monoisotopic (exact) mass is 487 g/mol. The summed E-state index contributed by atoms with van der Waals surface area (Å²) in [7, 11) is 1.01. The maximum Gasteiger partial charge on any atom is 0.226 e. The zero-order valence-electron chi connectivity index (χ0n) is 19.8. The molecule has 3 rings (SSSR count). The van der Waals surface area contributed by atoms with Crippen molar-refractivity contribution in [1.82, 2.24) is 4.98 Å². The minimum Gasteiger partial charge on any atom is -0.497 e. The van der Waals surface area contributed by atoms with Crippen molar-refractivity contribution in [2.75, 3.05) is 27.1 Å². The van der Waals surface area contributed by atoms with E-state index >= 15 is 0 Å². The number of methoxy groups -OCH3 is 3. The molecule has 0 spiro atoms. The molecular formula is C25H29NO7S. The maximum absolute atomic E-state index is 12.7. The maximum atomic E-state index is 12.7. The summed E-state index contributed by atoms with van der Waals surface area (Å²) < 4.78 is 46.7. The van der Waals surface area contributed by atoms with Gasteiger partial charge in [-0.05, 0) is 49.6 Å². The van der Waals surface area contributed by atoms with Crippen LogP contribution in [0.15, 0.2) is 46.9 Å². The van der Waals surface area contributed by atoms with Crippen LogP contribution in [0.1, 0.15) is 29.9 Å². The molecule has 1 aromatic heterocycles. The Bertz CT molecular complexity index is 1250. The van der Waals surface area contributed by atoms with Crippen molar-refractivity contribution in [3.63, 3.8) is 0 Å². The van der Waals surface area contributed by atoms with Gasteiger partial charge in [-0.15, -0.1) is 0 Å². The van der Waals surface area contributed by atoms with Gasteiger partial charge in [0.05, 0.1) is 32.8 Å². The van der Waals surface area contributed by atoms with Crippen LogP contribution < -0.4 is 14.2 Å². The second-order valence-electron chi connectivity index (χ2n) is 7.86. The molecule has 0 aliphatic rings. The number of Topliss-reactive ketones (excluding diaryl/α,β-unsaturated/α-hetero) is 1. The molecular weight excluding hydrogens is 458 g/mol. The molecule has 0 radical (unpaired) electrons. The number of ketones is 1. The molecule has 0 N–H and O–H groups in total. The van der Waals surface area contributed by atoms with Crippen LogP contribution in [-0.4, -0.2) is 46.3 Å². The van der Waals surface area contributed by atoms with Crippen LogP contribution in [0.3, 0.4) is 0 Å². The number of benzene rings is 2. The van der Waals surface area contributed by atoms with E-state index in [-0.39, 0.29) is 18.0 Å². The molecule has 0 saturated carbocycles. The summed E-state index contributed by atoms with van der Waals surface area (Å²) in [5, 5.41) is 0. The second kappa shape index (κ2) is 11.2. The van der Waals surface area contributed by atoms with Gasteiger partial charge in [0.2, 0.25) is 5.89 Å². The van der Waals surface area contributed by atoms with Gasteiger partial charge in [-0.25, -0.2) is 13.4 Å². The summed E-state index contributed by atoms with van der Waals surface area (Å²) in [5.41, 5.74) is 1.91. The molecule has 0 aliphatic heterocycles. The summed E-state index contributed by atoms with van der Waals surface area (Å²) in [6.07, 6.45) is 1.26. The van der Waals surface area contributed by atoms with Gasteiger partial charge < -0.3 is 18.6 Å². The van der Waals surface area contributed by atoms with Crippen LogP contribution >= 0.6 is 0 Å². The van der Waals surface area contributed by atoms with E-state index < -0.39 is 15.6 Å². The molecule has 0 bridgehead atoms. The van der Waals surface area contributed by atoms with Crippen molar-refractivity contribution in [3.05, 3.63) is 59.5 Å². The van der Waals surface area contributed by atoms with Crippen molar-refractivity contribution < 1.29 is 31.8 Å². The van der Waals surface area contributed by atoms with Crippen LogP contribution in [0.5, 0.6) is 17.2 Å². The highest BCUT2D eigenvalue weighted by Crippen LogP contribution is 2.27. The molecule has 3 aromatic rings. The molecule has 0 aliphatic carbocycles. The van der Waals surface area contributed by atoms with E-state index in [4.69, 9.17) is 18.6 Å². The normalized spacial score (nSPS) is 11.3. The lowest BCUT2D eigenvalue weighted by atomic mass is 10.1. The van der Waals surface area contributed by atoms with Gasteiger partial charge in [-0.3, -0.25) is 4.79 Å². The van der Waals surface area contributed by atoms with Gasteiger partial charge in [0.25, 0.3) is 0 Å². The van der Waals surface area contributed by atoms with E-state index in [2.05, 4.69) is 4.98 Å². The fraction of sp³-hybridized carbons (Fsp3) is 0.360. The fourth-order valence-corrected chi connectivity index (χ4v) is 4.97. The Morgan fingerprint density at radius 1 is 1.00 bits per heavy atom. The van der Waals surface area contributed by atoms with E-state index in [0.29, 0.717) is 53.0 Å². The Balaban J connectivity index is 1.58. The first kappa shape index (κ1) is 25.3. The number of ether oxygens (including phenoxy) is 3. The largest absolute Gasteiger partial charge is 0.497 e. The van der Waals surface area contributed by atoms with E-state index in [0.717, 1.165) is 5.56 Å². The van der Waals surface area contributed by atoms with Gasteiger partial charge in [-0.2, -0.15) is 0 Å². The third kappa shape index (κ3) is 6.60. The molecule has 0 unspecified atom stereocenters. The lowest BCUT2D eigenvalue weighted by Crippen LogP contribution is -2.18. The van der Waals surface area contributed by atoms with Gasteiger partial charge >= 0.3 is 0 Å². The zero-order chi connectivity index (χ0) is 24.7. The number of sulfone groups is 1. The summed E-state index contributed by atoms with van der Waals surface area (Å²) in [5.74, 6) is 1.48. The molecule has 8 nitrogen and oxygen atoms in total. The van der Waals surface area contributed by atoms with Gasteiger partial charge in [-0.1, -0.05) is 12.1 Å². The van der Waals surface area contributed by atoms with Crippen molar-refractivity contribution >= 4 is 15.6 Å². The van der Waals surface area contributed by atoms with Gasteiger partial charge in [0, 0.05) is 18.1 Å². The molecule has 0 amide bonds. The first-order valence-corrected chi connectivity index (χ1v) is 12.6. The number of aromatic nitrogens is 1.